The minimum Gasteiger partial charge on any atom is -0.744 e. The lowest BCUT2D eigenvalue weighted by Gasteiger charge is -2.25. The van der Waals surface area contributed by atoms with Crippen LogP contribution in [-0.2, 0) is 31.5 Å². The summed E-state index contributed by atoms with van der Waals surface area (Å²) in [7, 11) is -7.88. The molecule has 0 aromatic heterocycles. The van der Waals surface area contributed by atoms with Crippen molar-refractivity contribution >= 4 is 54.1 Å². The molecule has 2 N–H and O–H groups in total. The second kappa shape index (κ2) is 23.6. The second-order valence-corrected chi connectivity index (χ2v) is 20.3. The highest BCUT2D eigenvalue weighted by Gasteiger charge is 2.26. The molecule has 2 aliphatic rings. The predicted octanol–water partition coefficient (Wildman–Crippen LogP) is 10.2. The van der Waals surface area contributed by atoms with Crippen molar-refractivity contribution in [3.63, 3.8) is 0 Å². The molecule has 0 radical (unpaired) electrons. The Morgan fingerprint density at radius 2 is 1.49 bits per heavy atom. The van der Waals surface area contributed by atoms with E-state index in [4.69, 9.17) is 13.9 Å². The summed E-state index contributed by atoms with van der Waals surface area (Å²) in [5, 5.41) is 4.92. The molecule has 1 amide bonds. The van der Waals surface area contributed by atoms with Crippen molar-refractivity contribution < 1.29 is 44.5 Å². The van der Waals surface area contributed by atoms with Crippen LogP contribution < -0.4 is 39.2 Å². The molecule has 72 heavy (non-hydrogen) atoms. The molecule has 14 nitrogen and oxygen atoms in total. The zero-order valence-corrected chi connectivity index (χ0v) is 43.2. The van der Waals surface area contributed by atoms with E-state index in [-0.39, 0.29) is 35.1 Å². The molecule has 17 heteroatoms. The minimum atomic E-state index is -5.20. The highest BCUT2D eigenvalue weighted by Crippen LogP contribution is 2.44. The van der Waals surface area contributed by atoms with E-state index in [9.17, 15) is 30.6 Å². The molecule has 0 bridgehead atoms. The fourth-order valence-electron chi connectivity index (χ4n) is 8.87. The summed E-state index contributed by atoms with van der Waals surface area (Å²) in [5.41, 5.74) is 4.22. The van der Waals surface area contributed by atoms with Crippen LogP contribution in [0.15, 0.2) is 136 Å². The van der Waals surface area contributed by atoms with Crippen molar-refractivity contribution in [2.45, 2.75) is 76.6 Å². The Bertz CT molecular complexity index is 3300. The standard InChI is InChI=1S/C55H62FN5O9S2/c1-7-59(8-2)41-21-25-46-52(34-41)70-53-35-42(60(9-3)10-4)22-26-47(53)55(46)48-27-24-45(36-54(48)72(65,66)67)71(63,64)58-31-17-12-11-16-30-57-49-28-23-44(68-6)32-39(49)37-61(38(5)62)50-33-40(56)20-29-51(50)69-43-18-14-13-15-19-43/h13-15,18-29,32-36,57-58H,7-12,16-17,30-31,37H2,1-6H3. The van der Waals surface area contributed by atoms with Crippen LogP contribution in [-0.4, -0.2) is 73.7 Å². The van der Waals surface area contributed by atoms with Gasteiger partial charge in [-0.25, -0.2) is 30.5 Å². The summed E-state index contributed by atoms with van der Waals surface area (Å²) >= 11 is 0. The number of halogens is 1. The summed E-state index contributed by atoms with van der Waals surface area (Å²) in [6.45, 7) is 13.3. The molecule has 0 atom stereocenters. The van der Waals surface area contributed by atoms with Crippen LogP contribution in [0.4, 0.5) is 21.5 Å². The predicted molar refractivity (Wildman–Crippen MR) is 281 cm³/mol. The molecular formula is C55H62FN5O9S2. The first-order chi connectivity index (χ1) is 34.6. The molecule has 0 saturated carbocycles. The number of rotatable bonds is 23. The summed E-state index contributed by atoms with van der Waals surface area (Å²) in [6, 6.07) is 33.6. The Balaban J connectivity index is 1.03. The minimum absolute atomic E-state index is 0.0710. The Hall–Kier alpha value is -6.79. The normalized spacial score (nSPS) is 11.7. The van der Waals surface area contributed by atoms with Gasteiger partial charge in [0, 0.05) is 84.8 Å². The summed E-state index contributed by atoms with van der Waals surface area (Å²) in [6.07, 6.45) is 2.63. The number of anilines is 3. The highest BCUT2D eigenvalue weighted by atomic mass is 32.2. The zero-order valence-electron chi connectivity index (χ0n) is 41.5. The first kappa shape index (κ1) is 53.0. The third-order valence-corrected chi connectivity index (χ3v) is 15.0. The number of nitrogens with zero attached hydrogens (tertiary/aromatic N) is 3. The van der Waals surface area contributed by atoms with Gasteiger partial charge in [-0.3, -0.25) is 4.79 Å². The number of nitrogens with one attached hydrogen (secondary N) is 2. The molecule has 0 unspecified atom stereocenters. The molecule has 0 spiro atoms. The molecule has 0 fully saturated rings. The van der Waals surface area contributed by atoms with E-state index in [0.29, 0.717) is 64.5 Å². The fourth-order valence-corrected chi connectivity index (χ4v) is 10.8. The number of carbonyl (C=O) groups is 1. The van der Waals surface area contributed by atoms with E-state index in [2.05, 4.69) is 47.2 Å². The monoisotopic (exact) mass is 1020 g/mol. The Morgan fingerprint density at radius 1 is 0.764 bits per heavy atom. The van der Waals surface area contributed by atoms with Gasteiger partial charge in [-0.1, -0.05) is 37.1 Å². The molecule has 380 valence electrons. The van der Waals surface area contributed by atoms with Crippen LogP contribution in [0.25, 0.3) is 33.4 Å². The third kappa shape index (κ3) is 12.4. The molecule has 1 aliphatic heterocycles. The molecule has 1 heterocycles. The molecular weight excluding hydrogens is 958 g/mol. The molecule has 7 rings (SSSR count). The molecule has 5 aromatic carbocycles. The van der Waals surface area contributed by atoms with Gasteiger partial charge in [0.2, 0.25) is 21.3 Å². The van der Waals surface area contributed by atoms with E-state index in [0.717, 1.165) is 67.4 Å². The van der Waals surface area contributed by atoms with Gasteiger partial charge in [0.15, 0.2) is 5.75 Å². The van der Waals surface area contributed by atoms with Gasteiger partial charge in [0.1, 0.15) is 51.9 Å². The Labute approximate surface area is 421 Å². The van der Waals surface area contributed by atoms with Gasteiger partial charge in [-0.2, -0.15) is 0 Å². The molecule has 1 aliphatic carbocycles. The van der Waals surface area contributed by atoms with Gasteiger partial charge >= 0.3 is 0 Å². The van der Waals surface area contributed by atoms with E-state index in [1.807, 2.05) is 66.7 Å². The summed E-state index contributed by atoms with van der Waals surface area (Å²) < 4.78 is 104. The number of amides is 1. The van der Waals surface area contributed by atoms with Gasteiger partial charge in [-0.15, -0.1) is 0 Å². The maximum Gasteiger partial charge on any atom is 0.240 e. The van der Waals surface area contributed by atoms with Crippen LogP contribution in [0.3, 0.4) is 0 Å². The maximum atomic E-state index is 14.7. The third-order valence-electron chi connectivity index (χ3n) is 12.7. The topological polar surface area (TPSA) is 174 Å². The number of methoxy groups -OCH3 is 1. The van der Waals surface area contributed by atoms with Gasteiger partial charge in [0.05, 0.1) is 35.2 Å². The second-order valence-electron chi connectivity index (χ2n) is 17.2. The smallest absolute Gasteiger partial charge is 0.240 e. The van der Waals surface area contributed by atoms with Crippen molar-refractivity contribution in [3.8, 4) is 39.7 Å². The van der Waals surface area contributed by atoms with Crippen molar-refractivity contribution in [1.82, 2.24) is 9.30 Å². The first-order valence-electron chi connectivity index (χ1n) is 24.2. The van der Waals surface area contributed by atoms with E-state index < -0.39 is 30.9 Å². The number of ether oxygens (including phenoxy) is 2. The van der Waals surface area contributed by atoms with Crippen LogP contribution >= 0.6 is 0 Å². The lowest BCUT2D eigenvalue weighted by atomic mass is 9.93. The maximum absolute atomic E-state index is 14.7. The molecule has 5 aromatic rings. The average molecular weight is 1020 g/mol. The number of carbonyl (C=O) groups excluding carboxylic acids is 1. The van der Waals surface area contributed by atoms with Gasteiger partial charge in [0.25, 0.3) is 0 Å². The average Bonchev–Trinajstić information content (AvgIpc) is 3.37. The number of sulfonamides is 1. The van der Waals surface area contributed by atoms with Crippen LogP contribution in [0.1, 0.15) is 65.9 Å². The van der Waals surface area contributed by atoms with E-state index >= 15 is 0 Å². The molecule has 0 saturated heterocycles. The van der Waals surface area contributed by atoms with Crippen LogP contribution in [0, 0.1) is 5.82 Å². The van der Waals surface area contributed by atoms with Crippen LogP contribution in [0.5, 0.6) is 17.2 Å². The zero-order chi connectivity index (χ0) is 51.6. The summed E-state index contributed by atoms with van der Waals surface area (Å²) in [4.78, 5) is 15.8. The highest BCUT2D eigenvalue weighted by molar-refractivity contribution is 7.89. The van der Waals surface area contributed by atoms with Crippen molar-refractivity contribution in [1.29, 1.82) is 0 Å². The number of benzene rings is 6. The van der Waals surface area contributed by atoms with E-state index in [1.165, 1.54) is 42.2 Å². The first-order valence-corrected chi connectivity index (χ1v) is 27.1. The quantitative estimate of drug-likeness (QED) is 0.0270. The number of unbranched alkanes of at least 4 members (excludes halogenated alkanes) is 3. The van der Waals surface area contributed by atoms with Crippen LogP contribution in [0.2, 0.25) is 0 Å². The fraction of sp³-hybridized carbons (Fsp3) is 0.309. The van der Waals surface area contributed by atoms with Crippen molar-refractivity contribution in [2.24, 2.45) is 0 Å². The van der Waals surface area contributed by atoms with Gasteiger partial charge < -0.3 is 33.6 Å². The number of hydrogen-bond donors (Lipinski definition) is 2. The number of fused-ring (bicyclic) bond motifs is 2. The lowest BCUT2D eigenvalue weighted by Crippen LogP contribution is -2.29. The van der Waals surface area contributed by atoms with Gasteiger partial charge in [-0.05, 0) is 119 Å². The van der Waals surface area contributed by atoms with Crippen molar-refractivity contribution in [3.05, 3.63) is 138 Å². The Morgan fingerprint density at radius 3 is 2.17 bits per heavy atom. The summed E-state index contributed by atoms with van der Waals surface area (Å²) in [5.74, 6) is 1.06. The van der Waals surface area contributed by atoms with E-state index in [1.54, 1.807) is 25.3 Å². The SMILES string of the molecule is CCN(CC)c1ccc2c(-c3ccc(S(=O)(=O)NCCCCCCNc4ccc(OC)cc4CN(C(C)=O)c4cc(F)ccc4Oc4ccccc4)cc3S(=O)(=O)[O-])c3ccc(=[N+](CC)CC)cc-3oc2c1. The number of hydrogen-bond acceptors (Lipinski definition) is 11. The largest absolute Gasteiger partial charge is 0.744 e. The van der Waals surface area contributed by atoms with Crippen molar-refractivity contribution in [2.75, 3.05) is 61.5 Å². The Kier molecular flexibility index (Phi) is 17.4. The number of para-hydroxylation sites is 1. The lowest BCUT2D eigenvalue weighted by molar-refractivity contribution is -0.116.